The molecule has 1 N–H and O–H groups in total. The van der Waals surface area contributed by atoms with E-state index < -0.39 is 7.29 Å². The molecule has 4 heteroatoms. The number of methoxy groups -OCH3 is 1. The van der Waals surface area contributed by atoms with E-state index in [1.165, 1.54) is 25.7 Å². The summed E-state index contributed by atoms with van der Waals surface area (Å²) in [4.78, 5) is 0. The van der Waals surface area contributed by atoms with Gasteiger partial charge in [0.1, 0.15) is 5.75 Å². The fourth-order valence-electron chi connectivity index (χ4n) is 6.15. The van der Waals surface area contributed by atoms with Crippen molar-refractivity contribution in [3.63, 3.8) is 0 Å². The number of nitrogens with one attached hydrogen (secondary N) is 1. The Morgan fingerprint density at radius 3 is 2.16 bits per heavy atom. The van der Waals surface area contributed by atoms with Gasteiger partial charge in [0.05, 0.1) is 7.11 Å². The second-order valence-electron chi connectivity index (χ2n) is 11.0. The van der Waals surface area contributed by atoms with Crippen molar-refractivity contribution < 1.29 is 9.30 Å². The van der Waals surface area contributed by atoms with Gasteiger partial charge in [-0.05, 0) is 78.8 Å². The lowest BCUT2D eigenvalue weighted by atomic mass is 9.84. The van der Waals surface area contributed by atoms with E-state index in [-0.39, 0.29) is 11.5 Å². The van der Waals surface area contributed by atoms with Gasteiger partial charge < -0.3 is 4.74 Å². The average Bonchev–Trinajstić information content (AvgIpc) is 3.88. The SMILES string of the molecule is C=C(CC1([C@@H](NP(=O)(c2ccccc2)c2ccccc2)[C@H]2C[C@@H]2CCCC)CC1)c1ccccc1OC. The summed E-state index contributed by atoms with van der Waals surface area (Å²) >= 11 is 0. The Balaban J connectivity index is 1.49. The molecule has 0 bridgehead atoms. The first kappa shape index (κ1) is 26.0. The van der Waals surface area contributed by atoms with Gasteiger partial charge in [0.15, 0.2) is 0 Å². The number of rotatable bonds is 13. The number of unbranched alkanes of at least 4 members (excludes halogenated alkanes) is 1. The van der Waals surface area contributed by atoms with Gasteiger partial charge in [0.2, 0.25) is 7.29 Å². The quantitative estimate of drug-likeness (QED) is 0.239. The Labute approximate surface area is 222 Å². The Morgan fingerprint density at radius 2 is 1.59 bits per heavy atom. The molecule has 0 saturated heterocycles. The predicted octanol–water partition coefficient (Wildman–Crippen LogP) is 7.59. The normalized spacial score (nSPS) is 20.7. The summed E-state index contributed by atoms with van der Waals surface area (Å²) in [5.74, 6) is 2.15. The van der Waals surface area contributed by atoms with Gasteiger partial charge in [-0.1, -0.05) is 87.4 Å². The highest BCUT2D eigenvalue weighted by atomic mass is 31.2. The Bertz CT molecular complexity index is 1210. The van der Waals surface area contributed by atoms with Crippen molar-refractivity contribution in [3.8, 4) is 5.75 Å². The van der Waals surface area contributed by atoms with E-state index in [4.69, 9.17) is 4.74 Å². The van der Waals surface area contributed by atoms with E-state index in [2.05, 4.69) is 30.7 Å². The van der Waals surface area contributed by atoms with Crippen LogP contribution in [0.1, 0.15) is 57.4 Å². The van der Waals surface area contributed by atoms with Crippen molar-refractivity contribution in [1.29, 1.82) is 0 Å². The van der Waals surface area contributed by atoms with Crippen molar-refractivity contribution >= 4 is 23.5 Å². The summed E-state index contributed by atoms with van der Waals surface area (Å²) in [7, 11) is -1.31. The van der Waals surface area contributed by atoms with Crippen molar-refractivity contribution in [1.82, 2.24) is 5.09 Å². The first-order chi connectivity index (χ1) is 18.0. The summed E-state index contributed by atoms with van der Waals surface area (Å²) in [6, 6.07) is 28.4. The van der Waals surface area contributed by atoms with Crippen LogP contribution in [-0.4, -0.2) is 13.2 Å². The monoisotopic (exact) mass is 513 g/mol. The molecule has 0 amide bonds. The lowest BCUT2D eigenvalue weighted by Crippen LogP contribution is -2.43. The second-order valence-corrected chi connectivity index (χ2v) is 13.5. The molecule has 0 radical (unpaired) electrons. The fraction of sp³-hybridized carbons (Fsp3) is 0.394. The minimum absolute atomic E-state index is 0.0722. The zero-order chi connectivity index (χ0) is 25.9. The smallest absolute Gasteiger partial charge is 0.204 e. The summed E-state index contributed by atoms with van der Waals surface area (Å²) in [6.07, 6.45) is 8.16. The second kappa shape index (κ2) is 11.0. The standard InChI is InChI=1S/C33H40NO2P/c1-4-5-14-26-23-30(26)32(33(21-22-33)24-25(2)29-19-12-13-20-31(29)36-3)34-37(35,27-15-8-6-9-16-27)28-17-10-7-11-18-28/h6-13,15-20,26,30,32H,2,4-5,14,21-24H2,1,3H3,(H,34,35)/t26-,30-,32-/m0/s1. The van der Waals surface area contributed by atoms with Crippen molar-refractivity contribution in [2.45, 2.75) is 57.9 Å². The number of benzene rings is 3. The molecule has 0 aromatic heterocycles. The van der Waals surface area contributed by atoms with Gasteiger partial charge in [-0.15, -0.1) is 0 Å². The number of allylic oxidation sites excluding steroid dienone is 1. The number of ether oxygens (including phenoxy) is 1. The van der Waals surface area contributed by atoms with Crippen LogP contribution < -0.4 is 20.4 Å². The molecule has 2 fully saturated rings. The first-order valence-corrected chi connectivity index (χ1v) is 15.5. The van der Waals surface area contributed by atoms with E-state index in [0.29, 0.717) is 5.92 Å². The molecule has 0 spiro atoms. The fourth-order valence-corrected chi connectivity index (χ4v) is 8.79. The van der Waals surface area contributed by atoms with Gasteiger partial charge in [0.25, 0.3) is 0 Å². The Kier molecular flexibility index (Phi) is 7.75. The van der Waals surface area contributed by atoms with Crippen LogP contribution >= 0.6 is 7.29 Å². The van der Waals surface area contributed by atoms with Gasteiger partial charge in [-0.3, -0.25) is 9.65 Å². The maximum atomic E-state index is 15.1. The highest BCUT2D eigenvalue weighted by Gasteiger charge is 2.58. The third kappa shape index (κ3) is 5.49. The van der Waals surface area contributed by atoms with Crippen molar-refractivity contribution in [2.24, 2.45) is 17.3 Å². The summed E-state index contributed by atoms with van der Waals surface area (Å²) in [5, 5.41) is 5.67. The molecule has 0 unspecified atom stereocenters. The molecule has 37 heavy (non-hydrogen) atoms. The van der Waals surface area contributed by atoms with Crippen LogP contribution in [-0.2, 0) is 4.57 Å². The van der Waals surface area contributed by atoms with Crippen LogP contribution in [0.3, 0.4) is 0 Å². The average molecular weight is 514 g/mol. The van der Waals surface area contributed by atoms with E-state index >= 15 is 4.57 Å². The largest absolute Gasteiger partial charge is 0.496 e. The zero-order valence-electron chi connectivity index (χ0n) is 22.2. The number of para-hydroxylation sites is 1. The maximum absolute atomic E-state index is 15.1. The minimum Gasteiger partial charge on any atom is -0.496 e. The lowest BCUT2D eigenvalue weighted by Gasteiger charge is -2.34. The molecular weight excluding hydrogens is 473 g/mol. The highest BCUT2D eigenvalue weighted by molar-refractivity contribution is 7.76. The van der Waals surface area contributed by atoms with E-state index in [0.717, 1.165) is 52.7 Å². The third-order valence-corrected chi connectivity index (χ3v) is 11.2. The molecule has 0 aliphatic heterocycles. The molecule has 5 rings (SSSR count). The van der Waals surface area contributed by atoms with Crippen molar-refractivity contribution in [3.05, 3.63) is 97.1 Å². The third-order valence-electron chi connectivity index (χ3n) is 8.50. The maximum Gasteiger partial charge on any atom is 0.204 e. The molecular formula is C33H40NO2P. The van der Waals surface area contributed by atoms with Gasteiger partial charge in [-0.2, -0.15) is 0 Å². The van der Waals surface area contributed by atoms with Crippen LogP contribution in [0.4, 0.5) is 0 Å². The molecule has 194 valence electrons. The number of hydrogen-bond donors (Lipinski definition) is 1. The van der Waals surface area contributed by atoms with E-state index in [9.17, 15) is 0 Å². The van der Waals surface area contributed by atoms with Gasteiger partial charge >= 0.3 is 0 Å². The highest BCUT2D eigenvalue weighted by Crippen LogP contribution is 2.63. The Morgan fingerprint density at radius 1 is 1.00 bits per heavy atom. The van der Waals surface area contributed by atoms with Gasteiger partial charge in [-0.25, -0.2) is 0 Å². The van der Waals surface area contributed by atoms with Crippen LogP contribution in [0.15, 0.2) is 91.5 Å². The molecule has 3 atom stereocenters. The van der Waals surface area contributed by atoms with Gasteiger partial charge in [0, 0.05) is 22.2 Å². The van der Waals surface area contributed by atoms with Crippen molar-refractivity contribution in [2.75, 3.05) is 7.11 Å². The van der Waals surface area contributed by atoms with Crippen LogP contribution in [0.5, 0.6) is 5.75 Å². The first-order valence-electron chi connectivity index (χ1n) is 13.8. The van der Waals surface area contributed by atoms with E-state index in [1.54, 1.807) is 7.11 Å². The van der Waals surface area contributed by atoms with E-state index in [1.807, 2.05) is 72.8 Å². The Hall–Kier alpha value is -2.61. The number of hydrogen-bond acceptors (Lipinski definition) is 2. The van der Waals surface area contributed by atoms with Crippen LogP contribution in [0.2, 0.25) is 0 Å². The predicted molar refractivity (Wildman–Crippen MR) is 156 cm³/mol. The topological polar surface area (TPSA) is 38.3 Å². The molecule has 2 aliphatic rings. The summed E-state index contributed by atoms with van der Waals surface area (Å²) in [5.41, 5.74) is 2.27. The zero-order valence-corrected chi connectivity index (χ0v) is 23.1. The minimum atomic E-state index is -3.04. The molecule has 3 aromatic rings. The van der Waals surface area contributed by atoms with Crippen LogP contribution in [0.25, 0.3) is 5.57 Å². The lowest BCUT2D eigenvalue weighted by molar-refractivity contribution is 0.326. The molecule has 0 heterocycles. The molecule has 2 aliphatic carbocycles. The molecule has 2 saturated carbocycles. The molecule has 3 aromatic carbocycles. The summed E-state index contributed by atoms with van der Waals surface area (Å²) in [6.45, 7) is 6.80. The molecule has 3 nitrogen and oxygen atoms in total. The van der Waals surface area contributed by atoms with Crippen LogP contribution in [0, 0.1) is 17.3 Å². The summed E-state index contributed by atoms with van der Waals surface area (Å²) < 4.78 is 20.7.